The largest absolute Gasteiger partial charge is 0.368 e. The number of rotatable bonds is 3. The van der Waals surface area contributed by atoms with Crippen LogP contribution in [-0.4, -0.2) is 66.0 Å². The summed E-state index contributed by atoms with van der Waals surface area (Å²) in [6.45, 7) is 5.74. The Hall–Kier alpha value is -1.92. The van der Waals surface area contributed by atoms with E-state index < -0.39 is 0 Å². The molecule has 0 atom stereocenters. The van der Waals surface area contributed by atoms with Gasteiger partial charge in [0.15, 0.2) is 0 Å². The summed E-state index contributed by atoms with van der Waals surface area (Å²) < 4.78 is 0. The van der Waals surface area contributed by atoms with Crippen LogP contribution in [0.5, 0.6) is 0 Å². The van der Waals surface area contributed by atoms with Gasteiger partial charge in [-0.3, -0.25) is 9.69 Å². The molecule has 0 unspecified atom stereocenters. The van der Waals surface area contributed by atoms with Gasteiger partial charge in [-0.15, -0.1) is 11.3 Å². The van der Waals surface area contributed by atoms with Crippen LogP contribution in [0, 0.1) is 0 Å². The molecule has 3 heterocycles. The van der Waals surface area contributed by atoms with Crippen molar-refractivity contribution < 1.29 is 4.79 Å². The third-order valence-corrected chi connectivity index (χ3v) is 7.54. The Morgan fingerprint density at radius 1 is 0.966 bits per heavy atom. The number of piperazine rings is 1. The minimum absolute atomic E-state index is 0.0693. The van der Waals surface area contributed by atoms with Gasteiger partial charge in [0.1, 0.15) is 5.69 Å². The highest BCUT2D eigenvalue weighted by Gasteiger charge is 2.26. The third kappa shape index (κ3) is 4.05. The van der Waals surface area contributed by atoms with Crippen molar-refractivity contribution in [3.63, 3.8) is 0 Å². The van der Waals surface area contributed by atoms with Crippen molar-refractivity contribution in [2.75, 3.05) is 44.2 Å². The van der Waals surface area contributed by atoms with Gasteiger partial charge in [0.25, 0.3) is 5.91 Å². The van der Waals surface area contributed by atoms with Gasteiger partial charge in [0, 0.05) is 56.4 Å². The summed E-state index contributed by atoms with van der Waals surface area (Å²) in [6.07, 6.45) is 7.96. The molecule has 6 heteroatoms. The van der Waals surface area contributed by atoms with Crippen molar-refractivity contribution in [3.8, 4) is 0 Å². The number of hydrogen-bond acceptors (Lipinski definition) is 5. The van der Waals surface area contributed by atoms with Crippen molar-refractivity contribution in [1.82, 2.24) is 14.8 Å². The fourth-order valence-electron chi connectivity index (χ4n) is 5.21. The molecule has 2 fully saturated rings. The average Bonchev–Trinajstić information content (AvgIpc) is 3.45. The molecule has 1 saturated carbocycles. The SMILES string of the molecule is O=C(c1cscn1)N1CCN(c2ccc3c(c2)CCN(C2CCCC2)CC3)CC1. The summed E-state index contributed by atoms with van der Waals surface area (Å²) in [4.78, 5) is 23.8. The molecule has 1 aromatic carbocycles. The molecule has 1 aromatic heterocycles. The molecule has 0 bridgehead atoms. The van der Waals surface area contributed by atoms with E-state index in [0.717, 1.165) is 32.2 Å². The quantitative estimate of drug-likeness (QED) is 0.777. The molecule has 0 spiro atoms. The maximum atomic E-state index is 12.5. The number of carbonyl (C=O) groups is 1. The van der Waals surface area contributed by atoms with Crippen molar-refractivity contribution in [2.24, 2.45) is 0 Å². The van der Waals surface area contributed by atoms with Gasteiger partial charge in [-0.1, -0.05) is 18.9 Å². The van der Waals surface area contributed by atoms with E-state index in [1.54, 1.807) is 5.51 Å². The van der Waals surface area contributed by atoms with Crippen LogP contribution in [0.2, 0.25) is 0 Å². The molecule has 3 aliphatic rings. The molecule has 5 rings (SSSR count). The topological polar surface area (TPSA) is 39.7 Å². The Balaban J connectivity index is 1.22. The zero-order valence-corrected chi connectivity index (χ0v) is 17.9. The van der Waals surface area contributed by atoms with E-state index in [9.17, 15) is 4.79 Å². The van der Waals surface area contributed by atoms with Crippen LogP contribution in [0.1, 0.15) is 47.3 Å². The molecule has 1 amide bonds. The summed E-state index contributed by atoms with van der Waals surface area (Å²) in [5.74, 6) is 0.0693. The van der Waals surface area contributed by atoms with E-state index >= 15 is 0 Å². The second kappa shape index (κ2) is 8.44. The number of fused-ring (bicyclic) bond motifs is 1. The zero-order valence-electron chi connectivity index (χ0n) is 17.1. The van der Waals surface area contributed by atoms with Crippen molar-refractivity contribution in [3.05, 3.63) is 45.9 Å². The van der Waals surface area contributed by atoms with Crippen LogP contribution < -0.4 is 4.90 Å². The first-order valence-electron chi connectivity index (χ1n) is 11.1. The first kappa shape index (κ1) is 19.1. The van der Waals surface area contributed by atoms with E-state index in [-0.39, 0.29) is 5.91 Å². The minimum Gasteiger partial charge on any atom is -0.368 e. The summed E-state index contributed by atoms with van der Waals surface area (Å²) in [5, 5.41) is 1.84. The Morgan fingerprint density at radius 2 is 1.72 bits per heavy atom. The summed E-state index contributed by atoms with van der Waals surface area (Å²) in [6, 6.07) is 7.90. The first-order chi connectivity index (χ1) is 14.3. The second-order valence-electron chi connectivity index (χ2n) is 8.58. The highest BCUT2D eigenvalue weighted by Crippen LogP contribution is 2.28. The van der Waals surface area contributed by atoms with Crippen molar-refractivity contribution >= 4 is 22.9 Å². The molecule has 2 aromatic rings. The molecule has 1 saturated heterocycles. The minimum atomic E-state index is 0.0693. The van der Waals surface area contributed by atoms with E-state index in [4.69, 9.17) is 0 Å². The Labute approximate surface area is 177 Å². The predicted octanol–water partition coefficient (Wildman–Crippen LogP) is 3.45. The van der Waals surface area contributed by atoms with E-state index in [1.807, 2.05) is 10.3 Å². The lowest BCUT2D eigenvalue weighted by atomic mass is 10.0. The molecule has 1 aliphatic carbocycles. The summed E-state index contributed by atoms with van der Waals surface area (Å²) >= 11 is 1.48. The normalized spacial score (nSPS) is 21.2. The maximum absolute atomic E-state index is 12.5. The number of thiazole rings is 1. The van der Waals surface area contributed by atoms with Crippen LogP contribution in [0.4, 0.5) is 5.69 Å². The zero-order chi connectivity index (χ0) is 19.6. The lowest BCUT2D eigenvalue weighted by molar-refractivity contribution is 0.0741. The molecular weight excluding hydrogens is 380 g/mol. The Morgan fingerprint density at radius 3 is 2.45 bits per heavy atom. The molecular formula is C23H30N4OS. The first-order valence-corrected chi connectivity index (χ1v) is 12.0. The smallest absolute Gasteiger partial charge is 0.273 e. The van der Waals surface area contributed by atoms with Gasteiger partial charge in [-0.05, 0) is 48.9 Å². The summed E-state index contributed by atoms with van der Waals surface area (Å²) in [5.41, 5.74) is 6.70. The lowest BCUT2D eigenvalue weighted by Crippen LogP contribution is -2.48. The lowest BCUT2D eigenvalue weighted by Gasteiger charge is -2.36. The molecule has 29 heavy (non-hydrogen) atoms. The van der Waals surface area contributed by atoms with Gasteiger partial charge < -0.3 is 9.80 Å². The number of amides is 1. The number of aromatic nitrogens is 1. The van der Waals surface area contributed by atoms with E-state index in [2.05, 4.69) is 33.0 Å². The molecule has 0 radical (unpaired) electrons. The monoisotopic (exact) mass is 410 g/mol. The Kier molecular flexibility index (Phi) is 5.55. The number of carbonyl (C=O) groups excluding carboxylic acids is 1. The van der Waals surface area contributed by atoms with Gasteiger partial charge in [0.05, 0.1) is 5.51 Å². The van der Waals surface area contributed by atoms with Gasteiger partial charge >= 0.3 is 0 Å². The van der Waals surface area contributed by atoms with Gasteiger partial charge in [0.2, 0.25) is 0 Å². The van der Waals surface area contributed by atoms with Crippen molar-refractivity contribution in [1.29, 1.82) is 0 Å². The van der Waals surface area contributed by atoms with Gasteiger partial charge in [-0.2, -0.15) is 0 Å². The molecule has 0 N–H and O–H groups in total. The predicted molar refractivity (Wildman–Crippen MR) is 118 cm³/mol. The average molecular weight is 411 g/mol. The fourth-order valence-corrected chi connectivity index (χ4v) is 5.73. The second-order valence-corrected chi connectivity index (χ2v) is 9.30. The molecule has 2 aliphatic heterocycles. The van der Waals surface area contributed by atoms with Crippen molar-refractivity contribution in [2.45, 2.75) is 44.6 Å². The molecule has 154 valence electrons. The number of benzene rings is 1. The number of anilines is 1. The highest BCUT2D eigenvalue weighted by atomic mass is 32.1. The van der Waals surface area contributed by atoms with E-state index in [1.165, 1.54) is 79.8 Å². The van der Waals surface area contributed by atoms with E-state index in [0.29, 0.717) is 5.69 Å². The summed E-state index contributed by atoms with van der Waals surface area (Å²) in [7, 11) is 0. The Bertz CT molecular complexity index is 839. The number of hydrogen-bond donors (Lipinski definition) is 0. The van der Waals surface area contributed by atoms with Crippen LogP contribution in [0.3, 0.4) is 0 Å². The van der Waals surface area contributed by atoms with Crippen LogP contribution in [0.25, 0.3) is 0 Å². The molecule has 5 nitrogen and oxygen atoms in total. The number of nitrogens with zero attached hydrogens (tertiary/aromatic N) is 4. The van der Waals surface area contributed by atoms with Crippen LogP contribution >= 0.6 is 11.3 Å². The van der Waals surface area contributed by atoms with Gasteiger partial charge in [-0.25, -0.2) is 4.98 Å². The highest BCUT2D eigenvalue weighted by molar-refractivity contribution is 7.07. The third-order valence-electron chi connectivity index (χ3n) is 6.95. The van der Waals surface area contributed by atoms with Crippen LogP contribution in [-0.2, 0) is 12.8 Å². The maximum Gasteiger partial charge on any atom is 0.273 e. The fraction of sp³-hybridized carbons (Fsp3) is 0.565. The standard InChI is InChI=1S/C23H30N4OS/c28-23(22-16-29-17-24-22)27-13-11-26(12-14-27)21-6-5-18-7-9-25(10-8-19(18)15-21)20-3-1-2-4-20/h5-6,15-17,20H,1-4,7-14H2. The van der Waals surface area contributed by atoms with Crippen LogP contribution in [0.15, 0.2) is 29.1 Å².